The summed E-state index contributed by atoms with van der Waals surface area (Å²) < 4.78 is 0. The molecule has 1 aliphatic heterocycles. The quantitative estimate of drug-likeness (QED) is 0.432. The van der Waals surface area contributed by atoms with Crippen LogP contribution in [0.4, 0.5) is 5.69 Å². The number of hydrogen-bond acceptors (Lipinski definition) is 7. The summed E-state index contributed by atoms with van der Waals surface area (Å²) in [5.41, 5.74) is 6.98. The molecule has 0 unspecified atom stereocenters. The van der Waals surface area contributed by atoms with Gasteiger partial charge in [-0.2, -0.15) is 0 Å². The molecule has 2 aromatic heterocycles. The van der Waals surface area contributed by atoms with Gasteiger partial charge in [-0.05, 0) is 44.2 Å². The van der Waals surface area contributed by atoms with Crippen LogP contribution in [-0.2, 0) is 9.59 Å². The molecule has 0 bridgehead atoms. The number of nitrogens with one attached hydrogen (secondary N) is 2. The minimum Gasteiger partial charge on any atom is -0.388 e. The summed E-state index contributed by atoms with van der Waals surface area (Å²) in [5, 5.41) is 17.5. The zero-order valence-electron chi connectivity index (χ0n) is 18.0. The molecular formula is C22H32N6O3. The van der Waals surface area contributed by atoms with Crippen LogP contribution < -0.4 is 21.3 Å². The molecule has 0 aliphatic carbocycles. The van der Waals surface area contributed by atoms with Crippen molar-refractivity contribution in [1.82, 2.24) is 20.6 Å². The summed E-state index contributed by atoms with van der Waals surface area (Å²) in [7, 11) is 0. The largest absolute Gasteiger partial charge is 0.388 e. The number of hydrogen-bond donors (Lipinski definition) is 4. The summed E-state index contributed by atoms with van der Waals surface area (Å²) in [6.07, 6.45) is 8.49. The van der Waals surface area contributed by atoms with Crippen molar-refractivity contribution < 1.29 is 14.7 Å². The van der Waals surface area contributed by atoms with Crippen molar-refractivity contribution in [2.45, 2.75) is 50.7 Å². The number of nitrogens with zero attached hydrogens (tertiary/aromatic N) is 3. The summed E-state index contributed by atoms with van der Waals surface area (Å²) >= 11 is 0. The van der Waals surface area contributed by atoms with Gasteiger partial charge in [0.1, 0.15) is 0 Å². The Morgan fingerprint density at radius 3 is 2.74 bits per heavy atom. The van der Waals surface area contributed by atoms with E-state index in [9.17, 15) is 14.7 Å². The fourth-order valence-corrected chi connectivity index (χ4v) is 3.86. The third kappa shape index (κ3) is 6.35. The smallest absolute Gasteiger partial charge is 0.237 e. The number of anilines is 1. The van der Waals surface area contributed by atoms with Crippen molar-refractivity contribution in [2.24, 2.45) is 5.73 Å². The lowest BCUT2D eigenvalue weighted by Gasteiger charge is -2.39. The first-order chi connectivity index (χ1) is 14.9. The van der Waals surface area contributed by atoms with E-state index >= 15 is 0 Å². The van der Waals surface area contributed by atoms with E-state index in [0.717, 1.165) is 29.4 Å². The predicted octanol–water partition coefficient (Wildman–Crippen LogP) is 0.711. The van der Waals surface area contributed by atoms with Crippen LogP contribution in [-0.4, -0.2) is 64.7 Å². The van der Waals surface area contributed by atoms with Crippen molar-refractivity contribution in [2.75, 3.05) is 31.1 Å². The fourth-order valence-electron chi connectivity index (χ4n) is 3.86. The highest BCUT2D eigenvalue weighted by molar-refractivity contribution is 5.90. The number of fused-ring (bicyclic) bond motifs is 1. The Morgan fingerprint density at radius 2 is 2.00 bits per heavy atom. The van der Waals surface area contributed by atoms with Crippen molar-refractivity contribution >= 4 is 28.4 Å². The van der Waals surface area contributed by atoms with Crippen LogP contribution in [0.3, 0.4) is 0 Å². The van der Waals surface area contributed by atoms with E-state index in [0.29, 0.717) is 38.9 Å². The molecule has 3 heterocycles. The van der Waals surface area contributed by atoms with Crippen molar-refractivity contribution in [3.8, 4) is 0 Å². The zero-order valence-corrected chi connectivity index (χ0v) is 18.0. The van der Waals surface area contributed by atoms with Gasteiger partial charge in [0.25, 0.3) is 0 Å². The molecule has 5 N–H and O–H groups in total. The normalized spacial score (nSPS) is 16.7. The Hall–Kier alpha value is -2.78. The number of aliphatic hydroxyl groups is 1. The van der Waals surface area contributed by atoms with Crippen LogP contribution in [0.25, 0.3) is 10.9 Å². The van der Waals surface area contributed by atoms with Gasteiger partial charge >= 0.3 is 0 Å². The molecule has 3 rings (SSSR count). The Balaban J connectivity index is 1.44. The van der Waals surface area contributed by atoms with Gasteiger partial charge in [0.15, 0.2) is 0 Å². The molecule has 0 aromatic carbocycles. The molecule has 1 saturated heterocycles. The molecule has 0 radical (unpaired) electrons. The first kappa shape index (κ1) is 22.9. The van der Waals surface area contributed by atoms with E-state index < -0.39 is 11.6 Å². The molecule has 168 valence electrons. The van der Waals surface area contributed by atoms with Crippen LogP contribution in [0.2, 0.25) is 0 Å². The lowest BCUT2D eigenvalue weighted by molar-refractivity contribution is -0.124. The Kier molecular flexibility index (Phi) is 7.75. The SMILES string of the molecule is CC(=O)NCCCC[C@H](N)C(=O)NCC1(O)CCN(c2ccnc3ccncc23)CC1. The molecule has 31 heavy (non-hydrogen) atoms. The van der Waals surface area contributed by atoms with Gasteiger partial charge in [-0.15, -0.1) is 0 Å². The molecule has 1 fully saturated rings. The minimum absolute atomic E-state index is 0.0601. The van der Waals surface area contributed by atoms with Gasteiger partial charge in [-0.1, -0.05) is 0 Å². The molecular weight excluding hydrogens is 396 g/mol. The van der Waals surface area contributed by atoms with Gasteiger partial charge in [0.2, 0.25) is 11.8 Å². The summed E-state index contributed by atoms with van der Waals surface area (Å²) in [6.45, 7) is 3.61. The maximum absolute atomic E-state index is 12.3. The number of piperidine rings is 1. The van der Waals surface area contributed by atoms with Gasteiger partial charge in [0.05, 0.1) is 17.2 Å². The molecule has 0 spiro atoms. The van der Waals surface area contributed by atoms with E-state index in [2.05, 4.69) is 25.5 Å². The van der Waals surface area contributed by atoms with Crippen molar-refractivity contribution in [1.29, 1.82) is 0 Å². The third-order valence-electron chi connectivity index (χ3n) is 5.80. The summed E-state index contributed by atoms with van der Waals surface area (Å²) in [5.74, 6) is -0.309. The highest BCUT2D eigenvalue weighted by Crippen LogP contribution is 2.30. The maximum atomic E-state index is 12.3. The van der Waals surface area contributed by atoms with Crippen molar-refractivity contribution in [3.05, 3.63) is 30.7 Å². The number of carbonyl (C=O) groups is 2. The van der Waals surface area contributed by atoms with Gasteiger partial charge in [-0.3, -0.25) is 19.6 Å². The lowest BCUT2D eigenvalue weighted by Crippen LogP contribution is -2.53. The first-order valence-corrected chi connectivity index (χ1v) is 10.8. The van der Waals surface area contributed by atoms with Crippen LogP contribution in [0.1, 0.15) is 39.0 Å². The molecule has 9 heteroatoms. The van der Waals surface area contributed by atoms with Gasteiger partial charge in [-0.25, -0.2) is 0 Å². The third-order valence-corrected chi connectivity index (χ3v) is 5.80. The number of aromatic nitrogens is 2. The number of rotatable bonds is 9. The molecule has 1 aliphatic rings. The number of amides is 2. The molecule has 2 aromatic rings. The van der Waals surface area contributed by atoms with E-state index in [-0.39, 0.29) is 18.4 Å². The van der Waals surface area contributed by atoms with E-state index in [1.807, 2.05) is 18.3 Å². The van der Waals surface area contributed by atoms with Crippen molar-refractivity contribution in [3.63, 3.8) is 0 Å². The highest BCUT2D eigenvalue weighted by atomic mass is 16.3. The topological polar surface area (TPSA) is 133 Å². The Bertz CT molecular complexity index is 892. The standard InChI is InChI=1S/C22H32N6O3/c1-16(29)25-9-3-2-4-18(23)21(30)27-15-22(31)7-12-28(13-8-22)20-6-11-26-19-5-10-24-14-17(19)20/h5-6,10-11,14,18,31H,2-4,7-9,12-13,15,23H2,1H3,(H,25,29)(H,27,30)/t18-/m0/s1. The molecule has 0 saturated carbocycles. The van der Waals surface area contributed by atoms with E-state index in [1.54, 1.807) is 12.4 Å². The number of nitrogens with two attached hydrogens (primary N) is 1. The first-order valence-electron chi connectivity index (χ1n) is 10.8. The average Bonchev–Trinajstić information content (AvgIpc) is 2.77. The van der Waals surface area contributed by atoms with Crippen LogP contribution in [0.5, 0.6) is 0 Å². The maximum Gasteiger partial charge on any atom is 0.237 e. The number of unbranched alkanes of at least 4 members (excludes halogenated alkanes) is 1. The molecule has 2 amide bonds. The van der Waals surface area contributed by atoms with Crippen LogP contribution in [0.15, 0.2) is 30.7 Å². The van der Waals surface area contributed by atoms with Gasteiger partial charge < -0.3 is 26.4 Å². The Morgan fingerprint density at radius 1 is 1.23 bits per heavy atom. The zero-order chi connectivity index (χ0) is 22.3. The highest BCUT2D eigenvalue weighted by Gasteiger charge is 2.33. The number of pyridine rings is 2. The second kappa shape index (κ2) is 10.5. The monoisotopic (exact) mass is 428 g/mol. The van der Waals surface area contributed by atoms with Gasteiger partial charge in [0, 0.05) is 62.8 Å². The minimum atomic E-state index is -0.946. The number of carbonyl (C=O) groups excluding carboxylic acids is 2. The van der Waals surface area contributed by atoms with Crippen LogP contribution in [0, 0.1) is 0 Å². The Labute approximate surface area is 182 Å². The molecule has 9 nitrogen and oxygen atoms in total. The lowest BCUT2D eigenvalue weighted by atomic mass is 9.90. The fraction of sp³-hybridized carbons (Fsp3) is 0.545. The predicted molar refractivity (Wildman–Crippen MR) is 119 cm³/mol. The summed E-state index contributed by atoms with van der Waals surface area (Å²) in [4.78, 5) is 33.9. The second-order valence-electron chi connectivity index (χ2n) is 8.24. The molecule has 1 atom stereocenters. The summed E-state index contributed by atoms with van der Waals surface area (Å²) in [6, 6.07) is 3.25. The average molecular weight is 429 g/mol. The van der Waals surface area contributed by atoms with E-state index in [1.165, 1.54) is 6.92 Å². The van der Waals surface area contributed by atoms with E-state index in [4.69, 9.17) is 5.73 Å². The second-order valence-corrected chi connectivity index (χ2v) is 8.24. The van der Waals surface area contributed by atoms with Crippen LogP contribution >= 0.6 is 0 Å².